The molecule has 1 amide bonds. The minimum absolute atomic E-state index is 0.0334. The number of aryl methyl sites for hydroxylation is 1. The van der Waals surface area contributed by atoms with E-state index in [4.69, 9.17) is 14.2 Å². The minimum Gasteiger partial charge on any atom is -0.493 e. The minimum atomic E-state index is -4.45. The van der Waals surface area contributed by atoms with Gasteiger partial charge in [-0.25, -0.2) is 4.79 Å². The fraction of sp³-hybridized carbons (Fsp3) is 0.529. The number of nitrogens with one attached hydrogen (secondary N) is 1. The molecule has 9 heteroatoms. The molecule has 0 aliphatic heterocycles. The van der Waals surface area contributed by atoms with E-state index in [1.54, 1.807) is 13.0 Å². The standard InChI is InChI=1S/C17H22F3NO5/c1-4-25-16(23)11(2)21-15(22)8-6-12-5-7-13(14(9-12)24-3)26-10-17(18,19)20/h5,7,9,11H,4,6,8,10H2,1-3H3,(H,21,22)/t11-/m1/s1. The number of carbonyl (C=O) groups is 2. The SMILES string of the molecule is CCOC(=O)[C@@H](C)NC(=O)CCc1ccc(OCC(F)(F)F)c(OC)c1. The molecule has 1 N–H and O–H groups in total. The number of ether oxygens (including phenoxy) is 3. The number of carbonyl (C=O) groups excluding carboxylic acids is 2. The molecule has 1 aromatic rings. The average Bonchev–Trinajstić information content (AvgIpc) is 2.57. The highest BCUT2D eigenvalue weighted by molar-refractivity contribution is 5.84. The van der Waals surface area contributed by atoms with Crippen LogP contribution in [-0.2, 0) is 20.7 Å². The van der Waals surface area contributed by atoms with Crippen molar-refractivity contribution in [3.05, 3.63) is 23.8 Å². The second kappa shape index (κ2) is 9.88. The summed E-state index contributed by atoms with van der Waals surface area (Å²) >= 11 is 0. The van der Waals surface area contributed by atoms with Crippen molar-refractivity contribution in [2.45, 2.75) is 38.9 Å². The van der Waals surface area contributed by atoms with Gasteiger partial charge in [-0.15, -0.1) is 0 Å². The number of amides is 1. The number of rotatable bonds is 9. The number of hydrogen-bond acceptors (Lipinski definition) is 5. The van der Waals surface area contributed by atoms with Gasteiger partial charge in [0.15, 0.2) is 18.1 Å². The molecule has 146 valence electrons. The Morgan fingerprint density at radius 2 is 1.92 bits per heavy atom. The summed E-state index contributed by atoms with van der Waals surface area (Å²) in [5, 5.41) is 2.52. The second-order valence-electron chi connectivity index (χ2n) is 5.43. The van der Waals surface area contributed by atoms with Gasteiger partial charge in [0.2, 0.25) is 5.91 Å². The van der Waals surface area contributed by atoms with E-state index >= 15 is 0 Å². The van der Waals surface area contributed by atoms with Crippen molar-refractivity contribution in [2.24, 2.45) is 0 Å². The van der Waals surface area contributed by atoms with Crippen molar-refractivity contribution in [1.29, 1.82) is 0 Å². The zero-order chi connectivity index (χ0) is 19.7. The van der Waals surface area contributed by atoms with Crippen LogP contribution in [0.25, 0.3) is 0 Å². The van der Waals surface area contributed by atoms with E-state index in [0.29, 0.717) is 12.0 Å². The highest BCUT2D eigenvalue weighted by atomic mass is 19.4. The smallest absolute Gasteiger partial charge is 0.422 e. The van der Waals surface area contributed by atoms with Crippen LogP contribution in [-0.4, -0.2) is 44.4 Å². The van der Waals surface area contributed by atoms with E-state index in [0.717, 1.165) is 0 Å². The van der Waals surface area contributed by atoms with Gasteiger partial charge in [-0.3, -0.25) is 4.79 Å². The summed E-state index contributed by atoms with van der Waals surface area (Å²) in [5.41, 5.74) is 0.681. The molecular weight excluding hydrogens is 355 g/mol. The molecule has 1 aromatic carbocycles. The monoisotopic (exact) mass is 377 g/mol. The fourth-order valence-electron chi connectivity index (χ4n) is 2.04. The molecule has 0 saturated carbocycles. The van der Waals surface area contributed by atoms with Crippen LogP contribution in [0.2, 0.25) is 0 Å². The molecule has 0 spiro atoms. The van der Waals surface area contributed by atoms with E-state index in [2.05, 4.69) is 5.32 Å². The summed E-state index contributed by atoms with van der Waals surface area (Å²) in [4.78, 5) is 23.3. The fourth-order valence-corrected chi connectivity index (χ4v) is 2.04. The van der Waals surface area contributed by atoms with Crippen molar-refractivity contribution in [3.63, 3.8) is 0 Å². The Labute approximate surface area is 149 Å². The molecule has 1 atom stereocenters. The molecular formula is C17H22F3NO5. The van der Waals surface area contributed by atoms with Gasteiger partial charge >= 0.3 is 12.1 Å². The summed E-state index contributed by atoms with van der Waals surface area (Å²) in [6.07, 6.45) is -4.04. The highest BCUT2D eigenvalue weighted by Crippen LogP contribution is 2.30. The highest BCUT2D eigenvalue weighted by Gasteiger charge is 2.29. The first kappa shape index (κ1) is 21.6. The number of esters is 1. The van der Waals surface area contributed by atoms with Crippen LogP contribution in [0.3, 0.4) is 0 Å². The zero-order valence-corrected chi connectivity index (χ0v) is 14.8. The maximum Gasteiger partial charge on any atom is 0.422 e. The molecule has 1 rings (SSSR count). The number of benzene rings is 1. The van der Waals surface area contributed by atoms with Crippen molar-refractivity contribution in [2.75, 3.05) is 20.3 Å². The average molecular weight is 377 g/mol. The predicted molar refractivity (Wildman–Crippen MR) is 87.1 cm³/mol. The second-order valence-corrected chi connectivity index (χ2v) is 5.43. The van der Waals surface area contributed by atoms with Gasteiger partial charge in [-0.05, 0) is 38.0 Å². The molecule has 0 saturated heterocycles. The van der Waals surface area contributed by atoms with Crippen LogP contribution in [0.4, 0.5) is 13.2 Å². The zero-order valence-electron chi connectivity index (χ0n) is 14.8. The van der Waals surface area contributed by atoms with Gasteiger partial charge in [0.1, 0.15) is 6.04 Å². The van der Waals surface area contributed by atoms with Gasteiger partial charge in [0, 0.05) is 6.42 Å². The third-order valence-corrected chi connectivity index (χ3v) is 3.28. The molecule has 0 fully saturated rings. The van der Waals surface area contributed by atoms with Crippen LogP contribution < -0.4 is 14.8 Å². The van der Waals surface area contributed by atoms with Crippen LogP contribution in [0, 0.1) is 0 Å². The van der Waals surface area contributed by atoms with Crippen LogP contribution >= 0.6 is 0 Å². The summed E-state index contributed by atoms with van der Waals surface area (Å²) in [7, 11) is 1.31. The lowest BCUT2D eigenvalue weighted by molar-refractivity contribution is -0.153. The van der Waals surface area contributed by atoms with Crippen LogP contribution in [0.15, 0.2) is 18.2 Å². The Morgan fingerprint density at radius 3 is 2.50 bits per heavy atom. The van der Waals surface area contributed by atoms with E-state index in [1.807, 2.05) is 0 Å². The quantitative estimate of drug-likeness (QED) is 0.670. The lowest BCUT2D eigenvalue weighted by Gasteiger charge is -2.14. The first-order valence-electron chi connectivity index (χ1n) is 7.98. The molecule has 0 unspecified atom stereocenters. The van der Waals surface area contributed by atoms with Crippen LogP contribution in [0.5, 0.6) is 11.5 Å². The summed E-state index contributed by atoms with van der Waals surface area (Å²) in [6.45, 7) is 1.99. The molecule has 6 nitrogen and oxygen atoms in total. The third-order valence-electron chi connectivity index (χ3n) is 3.28. The van der Waals surface area contributed by atoms with Crippen molar-refractivity contribution in [1.82, 2.24) is 5.32 Å². The van der Waals surface area contributed by atoms with Gasteiger partial charge in [-0.1, -0.05) is 6.07 Å². The van der Waals surface area contributed by atoms with E-state index in [1.165, 1.54) is 26.2 Å². The normalized spacial score (nSPS) is 12.2. The van der Waals surface area contributed by atoms with Gasteiger partial charge in [0.05, 0.1) is 13.7 Å². The van der Waals surface area contributed by atoms with E-state index < -0.39 is 24.8 Å². The maximum absolute atomic E-state index is 12.2. The molecule has 26 heavy (non-hydrogen) atoms. The Bertz CT molecular complexity index is 619. The number of alkyl halides is 3. The Balaban J connectivity index is 2.59. The van der Waals surface area contributed by atoms with Crippen molar-refractivity contribution in [3.8, 4) is 11.5 Å². The van der Waals surface area contributed by atoms with Crippen molar-refractivity contribution < 1.29 is 37.0 Å². The number of methoxy groups -OCH3 is 1. The van der Waals surface area contributed by atoms with Gasteiger partial charge < -0.3 is 19.5 Å². The van der Waals surface area contributed by atoms with E-state index in [-0.39, 0.29) is 30.4 Å². The summed E-state index contributed by atoms with van der Waals surface area (Å²) in [6, 6.07) is 3.67. The van der Waals surface area contributed by atoms with Gasteiger partial charge in [0.25, 0.3) is 0 Å². The van der Waals surface area contributed by atoms with Crippen LogP contribution in [0.1, 0.15) is 25.8 Å². The molecule has 0 aliphatic carbocycles. The molecule has 0 heterocycles. The predicted octanol–water partition coefficient (Wildman–Crippen LogP) is 2.64. The summed E-state index contributed by atoms with van der Waals surface area (Å²) in [5.74, 6) is -0.753. The molecule has 0 radical (unpaired) electrons. The number of hydrogen-bond donors (Lipinski definition) is 1. The largest absolute Gasteiger partial charge is 0.493 e. The molecule has 0 aromatic heterocycles. The Morgan fingerprint density at radius 1 is 1.23 bits per heavy atom. The maximum atomic E-state index is 12.2. The summed E-state index contributed by atoms with van der Waals surface area (Å²) < 4.78 is 51.2. The van der Waals surface area contributed by atoms with Gasteiger partial charge in [-0.2, -0.15) is 13.2 Å². The molecule has 0 bridgehead atoms. The lowest BCUT2D eigenvalue weighted by Crippen LogP contribution is -2.39. The third kappa shape index (κ3) is 7.62. The molecule has 0 aliphatic rings. The Hall–Kier alpha value is -2.45. The first-order chi connectivity index (χ1) is 12.2. The number of halogens is 3. The van der Waals surface area contributed by atoms with E-state index in [9.17, 15) is 22.8 Å². The van der Waals surface area contributed by atoms with Crippen molar-refractivity contribution >= 4 is 11.9 Å². The lowest BCUT2D eigenvalue weighted by atomic mass is 10.1. The Kier molecular flexibility index (Phi) is 8.21. The topological polar surface area (TPSA) is 73.9 Å². The first-order valence-corrected chi connectivity index (χ1v) is 7.98.